The second-order valence-electron chi connectivity index (χ2n) is 6.14. The maximum atomic E-state index is 12.7. The quantitative estimate of drug-likeness (QED) is 0.445. The molecule has 0 amide bonds. The summed E-state index contributed by atoms with van der Waals surface area (Å²) in [6.45, 7) is 0.396. The number of carbonyl (C=O) groups is 2. The Morgan fingerprint density at radius 1 is 1.19 bits per heavy atom. The number of fused-ring (bicyclic) bond motifs is 2. The van der Waals surface area contributed by atoms with E-state index >= 15 is 0 Å². The lowest BCUT2D eigenvalue weighted by Crippen LogP contribution is -2.15. The highest BCUT2D eigenvalue weighted by atomic mass is 16.7. The summed E-state index contributed by atoms with van der Waals surface area (Å²) in [5.41, 5.74) is 3.74. The lowest BCUT2D eigenvalue weighted by atomic mass is 9.97. The third-order valence-electron chi connectivity index (χ3n) is 4.63. The Labute approximate surface area is 156 Å². The van der Waals surface area contributed by atoms with E-state index in [1.54, 1.807) is 0 Å². The molecule has 0 aromatic heterocycles. The highest BCUT2D eigenvalue weighted by Gasteiger charge is 2.37. The van der Waals surface area contributed by atoms with Crippen molar-refractivity contribution in [2.24, 2.45) is 0 Å². The van der Waals surface area contributed by atoms with Crippen molar-refractivity contribution in [3.05, 3.63) is 64.7 Å². The summed E-state index contributed by atoms with van der Waals surface area (Å²) in [5.74, 6) is 0.839. The van der Waals surface area contributed by atoms with E-state index in [9.17, 15) is 9.59 Å². The molecule has 27 heavy (non-hydrogen) atoms. The Balaban J connectivity index is 1.86. The highest BCUT2D eigenvalue weighted by molar-refractivity contribution is 6.06. The first-order valence-electron chi connectivity index (χ1n) is 8.61. The summed E-state index contributed by atoms with van der Waals surface area (Å²) in [5, 5.41) is 0. The first-order chi connectivity index (χ1) is 13.2. The molecule has 2 aromatic rings. The van der Waals surface area contributed by atoms with E-state index in [4.69, 9.17) is 18.9 Å². The molecule has 1 aliphatic heterocycles. The first-order valence-corrected chi connectivity index (χ1v) is 8.61. The predicted octanol–water partition coefficient (Wildman–Crippen LogP) is 3.05. The van der Waals surface area contributed by atoms with Crippen molar-refractivity contribution < 1.29 is 28.5 Å². The van der Waals surface area contributed by atoms with Gasteiger partial charge >= 0.3 is 5.97 Å². The third kappa shape index (κ3) is 2.98. The fourth-order valence-corrected chi connectivity index (χ4v) is 3.47. The minimum Gasteiger partial charge on any atom is -0.466 e. The molecule has 2 aliphatic rings. The van der Waals surface area contributed by atoms with Crippen LogP contribution in [0.1, 0.15) is 29.2 Å². The monoisotopic (exact) mass is 366 g/mol. The van der Waals surface area contributed by atoms with Crippen LogP contribution in [-0.4, -0.2) is 32.8 Å². The van der Waals surface area contributed by atoms with E-state index in [-0.39, 0.29) is 19.8 Å². The smallest absolute Gasteiger partial charge is 0.337 e. The molecule has 0 saturated carbocycles. The summed E-state index contributed by atoms with van der Waals surface area (Å²) in [4.78, 5) is 23.3. The van der Waals surface area contributed by atoms with Crippen LogP contribution in [0.2, 0.25) is 0 Å². The van der Waals surface area contributed by atoms with Gasteiger partial charge in [0.15, 0.2) is 11.5 Å². The zero-order valence-corrected chi connectivity index (χ0v) is 14.8. The van der Waals surface area contributed by atoms with E-state index in [2.05, 4.69) is 0 Å². The van der Waals surface area contributed by atoms with Crippen LogP contribution in [0.5, 0.6) is 11.5 Å². The summed E-state index contributed by atoms with van der Waals surface area (Å²) < 4.78 is 21.8. The van der Waals surface area contributed by atoms with Gasteiger partial charge in [0, 0.05) is 12.0 Å². The molecule has 138 valence electrons. The molecule has 0 N–H and O–H groups in total. The van der Waals surface area contributed by atoms with Crippen LogP contribution in [0.4, 0.5) is 0 Å². The van der Waals surface area contributed by atoms with Gasteiger partial charge in [-0.2, -0.15) is 0 Å². The van der Waals surface area contributed by atoms with Crippen molar-refractivity contribution in [2.45, 2.75) is 12.5 Å². The molecule has 1 aliphatic carbocycles. The molecule has 0 bridgehead atoms. The Kier molecular flexibility index (Phi) is 4.64. The maximum Gasteiger partial charge on any atom is 0.337 e. The number of hydrogen-bond acceptors (Lipinski definition) is 6. The molecular formula is C21H18O6. The van der Waals surface area contributed by atoms with Gasteiger partial charge in [-0.25, -0.2) is 4.79 Å². The molecule has 1 unspecified atom stereocenters. The lowest BCUT2D eigenvalue weighted by molar-refractivity contribution is -0.137. The summed E-state index contributed by atoms with van der Waals surface area (Å²) >= 11 is 0. The summed E-state index contributed by atoms with van der Waals surface area (Å²) in [6, 6.07) is 13.2. The second kappa shape index (κ2) is 7.25. The topological polar surface area (TPSA) is 71.1 Å². The molecule has 4 rings (SSSR count). The van der Waals surface area contributed by atoms with Crippen molar-refractivity contribution in [3.8, 4) is 11.5 Å². The number of hydrogen-bond donors (Lipinski definition) is 0. The van der Waals surface area contributed by atoms with Crippen LogP contribution in [0.3, 0.4) is 0 Å². The van der Waals surface area contributed by atoms with Gasteiger partial charge in [-0.15, -0.1) is 0 Å². The fraction of sp³-hybridized carbons (Fsp3) is 0.238. The fourth-order valence-electron chi connectivity index (χ4n) is 3.47. The summed E-state index contributed by atoms with van der Waals surface area (Å²) in [6.07, 6.45) is 0.460. The van der Waals surface area contributed by atoms with Gasteiger partial charge in [0.1, 0.15) is 12.4 Å². The van der Waals surface area contributed by atoms with Gasteiger partial charge in [0.2, 0.25) is 6.79 Å². The Hall–Kier alpha value is -3.12. The molecule has 0 spiro atoms. The molecule has 0 fully saturated rings. The van der Waals surface area contributed by atoms with Crippen LogP contribution in [-0.2, 0) is 19.1 Å². The Bertz CT molecular complexity index is 930. The molecule has 0 radical (unpaired) electrons. The van der Waals surface area contributed by atoms with Crippen LogP contribution < -0.4 is 9.47 Å². The van der Waals surface area contributed by atoms with Crippen molar-refractivity contribution in [1.82, 2.24) is 0 Å². The average Bonchev–Trinajstić information content (AvgIpc) is 3.29. The lowest BCUT2D eigenvalue weighted by Gasteiger charge is -2.16. The number of carbonyl (C=O) groups excluding carboxylic acids is 2. The van der Waals surface area contributed by atoms with Crippen molar-refractivity contribution in [2.75, 3.05) is 20.5 Å². The highest BCUT2D eigenvalue weighted by Crippen LogP contribution is 2.47. The van der Waals surface area contributed by atoms with E-state index in [1.807, 2.05) is 42.5 Å². The van der Waals surface area contributed by atoms with Crippen molar-refractivity contribution in [1.29, 1.82) is 0 Å². The Morgan fingerprint density at radius 2 is 2.00 bits per heavy atom. The van der Waals surface area contributed by atoms with Crippen molar-refractivity contribution >= 4 is 17.8 Å². The van der Waals surface area contributed by atoms with E-state index in [0.29, 0.717) is 17.1 Å². The number of rotatable bonds is 6. The van der Waals surface area contributed by atoms with Gasteiger partial charge in [-0.3, -0.25) is 0 Å². The van der Waals surface area contributed by atoms with Crippen LogP contribution in [0.25, 0.3) is 5.57 Å². The normalized spacial score (nSPS) is 17.0. The van der Waals surface area contributed by atoms with E-state index in [0.717, 1.165) is 28.5 Å². The second-order valence-corrected chi connectivity index (χ2v) is 6.14. The number of benzene rings is 2. The van der Waals surface area contributed by atoms with E-state index < -0.39 is 12.1 Å². The van der Waals surface area contributed by atoms with Crippen LogP contribution >= 0.6 is 0 Å². The molecule has 0 saturated heterocycles. The van der Waals surface area contributed by atoms with Gasteiger partial charge in [-0.05, 0) is 28.8 Å². The van der Waals surface area contributed by atoms with Gasteiger partial charge < -0.3 is 23.7 Å². The van der Waals surface area contributed by atoms with Gasteiger partial charge in [-0.1, -0.05) is 30.3 Å². The molecule has 1 heterocycles. The maximum absolute atomic E-state index is 12.7. The first kappa shape index (κ1) is 17.3. The zero-order chi connectivity index (χ0) is 18.8. The summed E-state index contributed by atoms with van der Waals surface area (Å²) in [7, 11) is 1.35. The number of aldehydes is 1. The number of esters is 1. The third-order valence-corrected chi connectivity index (χ3v) is 4.63. The minimum absolute atomic E-state index is 0.176. The number of methoxy groups -OCH3 is 1. The number of ether oxygens (including phenoxy) is 4. The SMILES string of the molecule is COC(=O)C1=C(c2ccc3c(c2)OCO3)c2ccccc2C1OCCC=O. The Morgan fingerprint density at radius 3 is 2.81 bits per heavy atom. The minimum atomic E-state index is -0.589. The van der Waals surface area contributed by atoms with Gasteiger partial charge in [0.05, 0.1) is 19.3 Å². The van der Waals surface area contributed by atoms with Crippen molar-refractivity contribution in [3.63, 3.8) is 0 Å². The van der Waals surface area contributed by atoms with Gasteiger partial charge in [0.25, 0.3) is 0 Å². The molecule has 2 aromatic carbocycles. The predicted molar refractivity (Wildman–Crippen MR) is 96.4 cm³/mol. The van der Waals surface area contributed by atoms with Crippen LogP contribution in [0, 0.1) is 0 Å². The molecule has 6 heteroatoms. The standard InChI is InChI=1S/C21H18O6/c1-24-21(23)19-18(13-7-8-16-17(11-13)27-12-26-16)14-5-2-3-6-15(14)20(19)25-10-4-9-22/h2-3,5-9,11,20H,4,10,12H2,1H3. The zero-order valence-electron chi connectivity index (χ0n) is 14.8. The average molecular weight is 366 g/mol. The van der Waals surface area contributed by atoms with E-state index in [1.165, 1.54) is 7.11 Å². The largest absolute Gasteiger partial charge is 0.466 e. The molecular weight excluding hydrogens is 348 g/mol. The molecule has 1 atom stereocenters. The molecule has 6 nitrogen and oxygen atoms in total. The van der Waals surface area contributed by atoms with Crippen LogP contribution in [0.15, 0.2) is 48.0 Å².